The molecule has 0 unspecified atom stereocenters. The summed E-state index contributed by atoms with van der Waals surface area (Å²) in [7, 11) is 0. The topological polar surface area (TPSA) is 94.1 Å². The molecule has 0 saturated heterocycles. The lowest BCUT2D eigenvalue weighted by molar-refractivity contribution is 0.624. The Morgan fingerprint density at radius 1 is 1.06 bits per heavy atom. The van der Waals surface area contributed by atoms with E-state index in [-0.39, 0.29) is 0 Å². The Bertz CT molecular complexity index is 1350. The summed E-state index contributed by atoms with van der Waals surface area (Å²) in [6.45, 7) is 6.17. The molecule has 3 aromatic rings. The van der Waals surface area contributed by atoms with E-state index in [1.54, 1.807) is 5.01 Å². The van der Waals surface area contributed by atoms with Crippen LogP contribution in [0.3, 0.4) is 0 Å². The Morgan fingerprint density at radius 2 is 1.79 bits per heavy atom. The molecule has 164 valence electrons. The second-order valence-corrected chi connectivity index (χ2v) is 9.19. The number of hydrogen-bond donors (Lipinski definition) is 1. The van der Waals surface area contributed by atoms with Gasteiger partial charge in [-0.3, -0.25) is 0 Å². The first-order valence-electron chi connectivity index (χ1n) is 10.5. The Morgan fingerprint density at radius 3 is 2.42 bits per heavy atom. The quantitative estimate of drug-likeness (QED) is 0.359. The van der Waals surface area contributed by atoms with Crippen LogP contribution in [-0.4, -0.2) is 16.4 Å². The average molecular weight is 546 g/mol. The van der Waals surface area contributed by atoms with Gasteiger partial charge in [0.2, 0.25) is 0 Å². The SMILES string of the molecule is Cc1cc(-n2c(C)cc(/C=C(/C#N)C3=NN(c4ccccc4)[C@H](N)[C@H]3C#N)c2C)ccc1I. The number of allylic oxidation sites excluding steroid dienone is 1. The number of para-hydroxylation sites is 1. The van der Waals surface area contributed by atoms with Crippen molar-refractivity contribution >= 4 is 40.1 Å². The molecule has 1 aliphatic heterocycles. The van der Waals surface area contributed by atoms with Crippen LogP contribution in [0.15, 0.2) is 65.3 Å². The fourth-order valence-corrected chi connectivity index (χ4v) is 4.47. The number of halogens is 1. The zero-order valence-corrected chi connectivity index (χ0v) is 20.8. The van der Waals surface area contributed by atoms with Crippen LogP contribution in [0.25, 0.3) is 11.8 Å². The van der Waals surface area contributed by atoms with Gasteiger partial charge in [-0.25, -0.2) is 5.01 Å². The third-order valence-corrected chi connectivity index (χ3v) is 7.07. The normalized spacial score (nSPS) is 18.1. The van der Waals surface area contributed by atoms with Crippen LogP contribution in [0.2, 0.25) is 0 Å². The molecule has 0 spiro atoms. The first kappa shape index (κ1) is 22.8. The van der Waals surface area contributed by atoms with Gasteiger partial charge in [0.15, 0.2) is 0 Å². The van der Waals surface area contributed by atoms with Crippen molar-refractivity contribution in [3.05, 3.63) is 86.3 Å². The second kappa shape index (κ2) is 9.22. The van der Waals surface area contributed by atoms with Crippen molar-refractivity contribution in [2.45, 2.75) is 26.9 Å². The number of anilines is 1. The minimum absolute atomic E-state index is 0.342. The molecule has 0 fully saturated rings. The highest BCUT2D eigenvalue weighted by Crippen LogP contribution is 2.30. The number of aryl methyl sites for hydroxylation is 2. The molecular formula is C26H23IN6. The van der Waals surface area contributed by atoms with Gasteiger partial charge in [0, 0.05) is 20.6 Å². The van der Waals surface area contributed by atoms with Crippen LogP contribution in [-0.2, 0) is 0 Å². The summed E-state index contributed by atoms with van der Waals surface area (Å²) in [4.78, 5) is 0. The van der Waals surface area contributed by atoms with Gasteiger partial charge < -0.3 is 10.3 Å². The van der Waals surface area contributed by atoms with Crippen LogP contribution in [0.1, 0.15) is 22.5 Å². The molecule has 0 aliphatic carbocycles. The van der Waals surface area contributed by atoms with E-state index in [2.05, 4.69) is 69.5 Å². The highest BCUT2D eigenvalue weighted by molar-refractivity contribution is 14.1. The molecule has 0 bridgehead atoms. The molecule has 0 amide bonds. The molecule has 2 aromatic carbocycles. The van der Waals surface area contributed by atoms with Crippen LogP contribution < -0.4 is 10.7 Å². The van der Waals surface area contributed by atoms with Gasteiger partial charge in [0.25, 0.3) is 0 Å². The van der Waals surface area contributed by atoms with Gasteiger partial charge >= 0.3 is 0 Å². The highest BCUT2D eigenvalue weighted by Gasteiger charge is 2.37. The van der Waals surface area contributed by atoms with Crippen LogP contribution in [0.4, 0.5) is 5.69 Å². The molecule has 4 rings (SSSR count). The third-order valence-electron chi connectivity index (χ3n) is 5.86. The van der Waals surface area contributed by atoms with Gasteiger partial charge in [-0.1, -0.05) is 18.2 Å². The third kappa shape index (κ3) is 4.18. The molecule has 2 heterocycles. The van der Waals surface area contributed by atoms with Gasteiger partial charge in [-0.2, -0.15) is 15.6 Å². The average Bonchev–Trinajstić information content (AvgIpc) is 3.29. The Labute approximate surface area is 207 Å². The van der Waals surface area contributed by atoms with Crippen molar-refractivity contribution in [2.75, 3.05) is 5.01 Å². The summed E-state index contributed by atoms with van der Waals surface area (Å²) >= 11 is 2.33. The Hall–Kier alpha value is -3.40. The number of rotatable bonds is 4. The lowest BCUT2D eigenvalue weighted by Crippen LogP contribution is -2.40. The molecule has 6 nitrogen and oxygen atoms in total. The Balaban J connectivity index is 1.77. The summed E-state index contributed by atoms with van der Waals surface area (Å²) in [6, 6.07) is 22.3. The standard InChI is InChI=1S/C26H23IN6/c1-16-11-22(9-10-24(16)27)32-17(2)12-19(18(32)3)13-20(14-28)25-23(15-29)26(30)33(31-25)21-7-5-4-6-8-21/h4-13,23,26H,30H2,1-3H3/b20-13-/t23-,26-/m0/s1. The van der Waals surface area contributed by atoms with Crippen LogP contribution >= 0.6 is 22.6 Å². The van der Waals surface area contributed by atoms with E-state index in [1.807, 2.05) is 56.3 Å². The van der Waals surface area contributed by atoms with E-state index in [4.69, 9.17) is 5.73 Å². The van der Waals surface area contributed by atoms with Crippen molar-refractivity contribution in [1.29, 1.82) is 10.5 Å². The van der Waals surface area contributed by atoms with Gasteiger partial charge in [-0.15, -0.1) is 0 Å². The van der Waals surface area contributed by atoms with Crippen molar-refractivity contribution in [2.24, 2.45) is 16.8 Å². The molecule has 7 heteroatoms. The maximum atomic E-state index is 9.98. The number of aromatic nitrogens is 1. The maximum absolute atomic E-state index is 9.98. The summed E-state index contributed by atoms with van der Waals surface area (Å²) in [5.41, 5.74) is 13.1. The molecule has 2 N–H and O–H groups in total. The van der Waals surface area contributed by atoms with Gasteiger partial charge in [0.05, 0.1) is 23.0 Å². The minimum Gasteiger partial charge on any atom is -0.318 e. The smallest absolute Gasteiger partial charge is 0.127 e. The number of benzene rings is 2. The van der Waals surface area contributed by atoms with E-state index in [1.165, 1.54) is 9.13 Å². The number of nitrogens with zero attached hydrogens (tertiary/aromatic N) is 5. The fraction of sp³-hybridized carbons (Fsp3) is 0.192. The zero-order chi connectivity index (χ0) is 23.7. The number of hydrazone groups is 1. The van der Waals surface area contributed by atoms with Gasteiger partial charge in [-0.05, 0) is 97.0 Å². The van der Waals surface area contributed by atoms with E-state index in [0.717, 1.165) is 28.3 Å². The predicted octanol–water partition coefficient (Wildman–Crippen LogP) is 5.21. The molecule has 33 heavy (non-hydrogen) atoms. The highest BCUT2D eigenvalue weighted by atomic mass is 127. The fourth-order valence-electron chi connectivity index (χ4n) is 4.14. The summed E-state index contributed by atoms with van der Waals surface area (Å²) in [5, 5.41) is 26.0. The first-order valence-corrected chi connectivity index (χ1v) is 11.6. The molecule has 2 atom stereocenters. The van der Waals surface area contributed by atoms with E-state index >= 15 is 0 Å². The maximum Gasteiger partial charge on any atom is 0.127 e. The summed E-state index contributed by atoms with van der Waals surface area (Å²) < 4.78 is 3.39. The van der Waals surface area contributed by atoms with Crippen LogP contribution in [0.5, 0.6) is 0 Å². The second-order valence-electron chi connectivity index (χ2n) is 8.03. The number of nitrogens with two attached hydrogens (primary N) is 1. The van der Waals surface area contributed by atoms with E-state index < -0.39 is 12.1 Å². The lowest BCUT2D eigenvalue weighted by Gasteiger charge is -2.21. The number of hydrogen-bond acceptors (Lipinski definition) is 5. The van der Waals surface area contributed by atoms with E-state index in [0.29, 0.717) is 11.3 Å². The summed E-state index contributed by atoms with van der Waals surface area (Å²) in [5.74, 6) is -0.710. The molecule has 1 aliphatic rings. The monoisotopic (exact) mass is 546 g/mol. The minimum atomic E-state index is -0.710. The molecule has 0 radical (unpaired) electrons. The van der Waals surface area contributed by atoms with Crippen molar-refractivity contribution in [1.82, 2.24) is 4.57 Å². The van der Waals surface area contributed by atoms with Crippen molar-refractivity contribution in [3.8, 4) is 17.8 Å². The first-order chi connectivity index (χ1) is 15.8. The predicted molar refractivity (Wildman–Crippen MR) is 140 cm³/mol. The lowest BCUT2D eigenvalue weighted by atomic mass is 9.95. The van der Waals surface area contributed by atoms with Crippen molar-refractivity contribution < 1.29 is 0 Å². The van der Waals surface area contributed by atoms with Crippen molar-refractivity contribution in [3.63, 3.8) is 0 Å². The zero-order valence-electron chi connectivity index (χ0n) is 18.6. The Kier molecular flexibility index (Phi) is 6.37. The molecule has 1 aromatic heterocycles. The van der Waals surface area contributed by atoms with Gasteiger partial charge in [0.1, 0.15) is 18.2 Å². The molecular weight excluding hydrogens is 523 g/mol. The summed E-state index contributed by atoms with van der Waals surface area (Å²) in [6.07, 6.45) is 1.15. The molecule has 0 saturated carbocycles. The largest absolute Gasteiger partial charge is 0.318 e. The van der Waals surface area contributed by atoms with Crippen LogP contribution in [0, 0.1) is 52.9 Å². The van der Waals surface area contributed by atoms with E-state index in [9.17, 15) is 10.5 Å². The number of nitriles is 2.